The topological polar surface area (TPSA) is 69.9 Å². The van der Waals surface area contributed by atoms with E-state index in [9.17, 15) is 10.2 Å². The second-order valence-corrected chi connectivity index (χ2v) is 2.84. The van der Waals surface area contributed by atoms with Gasteiger partial charge in [-0.05, 0) is 0 Å². The molecular weight excluding hydrogens is 159 g/mol. The Labute approximate surface area is 71.9 Å². The predicted octanol–water partition coefficient (Wildman–Crippen LogP) is -1.85. The van der Waals surface area contributed by atoms with Gasteiger partial charge < -0.3 is 20.1 Å². The van der Waals surface area contributed by atoms with Gasteiger partial charge in [-0.3, -0.25) is 0 Å². The maximum Gasteiger partial charge on any atom is 0.137 e. The lowest BCUT2D eigenvalue weighted by atomic mass is 9.89. The third-order valence-electron chi connectivity index (χ3n) is 2.11. The standard InChI is InChI=1S/C7H11BO4/c1-2-7(3-9)5(11)4(10)6(8)12-7/h2,4-6,9-11H,1,3H2/t4-,5+,6-,7-/m1/s1. The second kappa shape index (κ2) is 3.18. The highest BCUT2D eigenvalue weighted by Crippen LogP contribution is 2.30. The first-order valence-corrected chi connectivity index (χ1v) is 3.61. The van der Waals surface area contributed by atoms with Gasteiger partial charge in [-0.1, -0.05) is 6.08 Å². The van der Waals surface area contributed by atoms with Crippen molar-refractivity contribution in [2.75, 3.05) is 6.61 Å². The molecule has 0 unspecified atom stereocenters. The highest BCUT2D eigenvalue weighted by Gasteiger charge is 2.49. The summed E-state index contributed by atoms with van der Waals surface area (Å²) >= 11 is 0. The molecule has 1 rings (SSSR count). The van der Waals surface area contributed by atoms with Gasteiger partial charge in [-0.15, -0.1) is 6.58 Å². The molecular formula is C7H11BO4. The van der Waals surface area contributed by atoms with E-state index in [1.165, 1.54) is 6.08 Å². The molecule has 1 aliphatic rings. The lowest BCUT2D eigenvalue weighted by Crippen LogP contribution is -2.44. The number of ether oxygens (including phenoxy) is 1. The van der Waals surface area contributed by atoms with E-state index >= 15 is 0 Å². The van der Waals surface area contributed by atoms with E-state index in [4.69, 9.17) is 17.7 Å². The van der Waals surface area contributed by atoms with Crippen molar-refractivity contribution in [3.8, 4) is 0 Å². The van der Waals surface area contributed by atoms with Crippen molar-refractivity contribution < 1.29 is 20.1 Å². The molecule has 12 heavy (non-hydrogen) atoms. The highest BCUT2D eigenvalue weighted by atomic mass is 16.6. The molecule has 1 saturated heterocycles. The molecule has 0 aromatic rings. The Morgan fingerprint density at radius 1 is 1.58 bits per heavy atom. The fraction of sp³-hybridized carbons (Fsp3) is 0.714. The van der Waals surface area contributed by atoms with Crippen molar-refractivity contribution >= 4 is 7.85 Å². The Hall–Kier alpha value is -0.355. The zero-order chi connectivity index (χ0) is 9.35. The van der Waals surface area contributed by atoms with Gasteiger partial charge >= 0.3 is 0 Å². The van der Waals surface area contributed by atoms with Crippen molar-refractivity contribution in [1.29, 1.82) is 0 Å². The van der Waals surface area contributed by atoms with E-state index < -0.39 is 30.4 Å². The molecule has 0 amide bonds. The van der Waals surface area contributed by atoms with Crippen LogP contribution < -0.4 is 0 Å². The number of aliphatic hydroxyl groups is 3. The molecule has 1 heterocycles. The Kier molecular flexibility index (Phi) is 2.58. The normalized spacial score (nSPS) is 47.8. The van der Waals surface area contributed by atoms with Crippen LogP contribution in [-0.2, 0) is 4.74 Å². The third-order valence-corrected chi connectivity index (χ3v) is 2.11. The maximum absolute atomic E-state index is 9.39. The summed E-state index contributed by atoms with van der Waals surface area (Å²) in [5, 5.41) is 27.5. The summed E-state index contributed by atoms with van der Waals surface area (Å²) in [6.45, 7) is 2.94. The van der Waals surface area contributed by atoms with Crippen molar-refractivity contribution in [2.45, 2.75) is 23.8 Å². The van der Waals surface area contributed by atoms with E-state index in [1.807, 2.05) is 0 Å². The first-order chi connectivity index (χ1) is 5.57. The molecule has 0 bridgehead atoms. The van der Waals surface area contributed by atoms with Crippen LogP contribution in [0.4, 0.5) is 0 Å². The van der Waals surface area contributed by atoms with Crippen molar-refractivity contribution in [2.24, 2.45) is 0 Å². The Bertz CT molecular complexity index is 186. The summed E-state index contributed by atoms with van der Waals surface area (Å²) in [7, 11) is 5.30. The van der Waals surface area contributed by atoms with Crippen molar-refractivity contribution in [3.05, 3.63) is 12.7 Å². The van der Waals surface area contributed by atoms with Crippen LogP contribution in [0.5, 0.6) is 0 Å². The molecule has 5 heteroatoms. The van der Waals surface area contributed by atoms with E-state index in [0.717, 1.165) is 0 Å². The number of rotatable bonds is 2. The minimum atomic E-state index is -1.32. The number of hydrogen-bond acceptors (Lipinski definition) is 4. The molecule has 2 radical (unpaired) electrons. The van der Waals surface area contributed by atoms with Crippen LogP contribution in [0.1, 0.15) is 0 Å². The smallest absolute Gasteiger partial charge is 0.137 e. The molecule has 4 nitrogen and oxygen atoms in total. The Morgan fingerprint density at radius 3 is 2.33 bits per heavy atom. The first-order valence-electron chi connectivity index (χ1n) is 3.61. The van der Waals surface area contributed by atoms with Crippen LogP contribution in [0.25, 0.3) is 0 Å². The molecule has 1 fully saturated rings. The molecule has 4 atom stereocenters. The molecule has 3 N–H and O–H groups in total. The average molecular weight is 170 g/mol. The van der Waals surface area contributed by atoms with Crippen LogP contribution >= 0.6 is 0 Å². The zero-order valence-electron chi connectivity index (χ0n) is 6.55. The summed E-state index contributed by atoms with van der Waals surface area (Å²) in [5.74, 6) is 0. The van der Waals surface area contributed by atoms with Crippen molar-refractivity contribution in [1.82, 2.24) is 0 Å². The Morgan fingerprint density at radius 2 is 2.17 bits per heavy atom. The summed E-state index contributed by atoms with van der Waals surface area (Å²) in [5.41, 5.74) is -1.32. The van der Waals surface area contributed by atoms with Gasteiger partial charge in [0.25, 0.3) is 0 Å². The fourth-order valence-electron chi connectivity index (χ4n) is 1.23. The summed E-state index contributed by atoms with van der Waals surface area (Å²) < 4.78 is 4.98. The summed E-state index contributed by atoms with van der Waals surface area (Å²) in [6.07, 6.45) is -1.17. The lowest BCUT2D eigenvalue weighted by Gasteiger charge is -2.25. The van der Waals surface area contributed by atoms with Crippen molar-refractivity contribution in [3.63, 3.8) is 0 Å². The van der Waals surface area contributed by atoms with Crippen LogP contribution in [0.15, 0.2) is 12.7 Å². The quantitative estimate of drug-likeness (QED) is 0.336. The highest BCUT2D eigenvalue weighted by molar-refractivity contribution is 6.11. The van der Waals surface area contributed by atoms with Gasteiger partial charge in [-0.2, -0.15) is 0 Å². The minimum absolute atomic E-state index is 0.456. The molecule has 1 aliphatic heterocycles. The predicted molar refractivity (Wildman–Crippen MR) is 42.7 cm³/mol. The van der Waals surface area contributed by atoms with Gasteiger partial charge in [0, 0.05) is 6.00 Å². The molecule has 0 aromatic heterocycles. The van der Waals surface area contributed by atoms with Gasteiger partial charge in [0.1, 0.15) is 25.7 Å². The van der Waals surface area contributed by atoms with Crippen LogP contribution in [0.2, 0.25) is 0 Å². The van der Waals surface area contributed by atoms with Gasteiger partial charge in [0.05, 0.1) is 6.61 Å². The van der Waals surface area contributed by atoms with Crippen LogP contribution in [0, 0.1) is 0 Å². The summed E-state index contributed by atoms with van der Waals surface area (Å²) in [6, 6.07) is -0.981. The SMILES string of the molecule is [B][C@@H]1O[C@](C=C)(CO)[C@@H](O)[C@H]1O. The maximum atomic E-state index is 9.39. The van der Waals surface area contributed by atoms with E-state index in [2.05, 4.69) is 6.58 Å². The number of hydrogen-bond donors (Lipinski definition) is 3. The van der Waals surface area contributed by atoms with E-state index in [1.54, 1.807) is 0 Å². The average Bonchev–Trinajstić information content (AvgIpc) is 2.30. The summed E-state index contributed by atoms with van der Waals surface area (Å²) in [4.78, 5) is 0. The van der Waals surface area contributed by atoms with Gasteiger partial charge in [-0.25, -0.2) is 0 Å². The van der Waals surface area contributed by atoms with E-state index in [-0.39, 0.29) is 0 Å². The largest absolute Gasteiger partial charge is 0.393 e. The fourth-order valence-corrected chi connectivity index (χ4v) is 1.23. The van der Waals surface area contributed by atoms with E-state index in [0.29, 0.717) is 0 Å². The Balaban J connectivity index is 2.86. The second-order valence-electron chi connectivity index (χ2n) is 2.84. The van der Waals surface area contributed by atoms with Crippen LogP contribution in [0.3, 0.4) is 0 Å². The van der Waals surface area contributed by atoms with Gasteiger partial charge in [0.15, 0.2) is 0 Å². The van der Waals surface area contributed by atoms with Gasteiger partial charge in [0.2, 0.25) is 0 Å². The molecule has 0 spiro atoms. The monoisotopic (exact) mass is 170 g/mol. The lowest BCUT2D eigenvalue weighted by molar-refractivity contribution is -0.0653. The molecule has 66 valence electrons. The first kappa shape index (κ1) is 9.73. The molecule has 0 saturated carbocycles. The van der Waals surface area contributed by atoms with Crippen LogP contribution in [-0.4, -0.2) is 53.6 Å². The number of aliphatic hydroxyl groups excluding tert-OH is 3. The zero-order valence-corrected chi connectivity index (χ0v) is 6.55. The molecule has 0 aliphatic carbocycles. The minimum Gasteiger partial charge on any atom is -0.393 e. The third kappa shape index (κ3) is 1.19. The molecule has 0 aromatic carbocycles.